The fourth-order valence-corrected chi connectivity index (χ4v) is 5.61. The van der Waals surface area contributed by atoms with Gasteiger partial charge in [-0.25, -0.2) is 0 Å². The quantitative estimate of drug-likeness (QED) is 0.125. The van der Waals surface area contributed by atoms with Crippen molar-refractivity contribution in [1.29, 1.82) is 0 Å². The topological polar surface area (TPSA) is 4.93 Å². The fraction of sp³-hybridized carbons (Fsp3) is 0.105. The predicted molar refractivity (Wildman–Crippen MR) is 172 cm³/mol. The molecule has 0 atom stereocenters. The molecule has 6 aromatic rings. The molecule has 0 radical (unpaired) electrons. The number of nitrogens with zero attached hydrogens (tertiary/aromatic N) is 1. The third-order valence-electron chi connectivity index (χ3n) is 7.60. The van der Waals surface area contributed by atoms with Crippen molar-refractivity contribution in [3.8, 4) is 5.69 Å². The molecule has 0 N–H and O–H groups in total. The molecule has 0 saturated heterocycles. The van der Waals surface area contributed by atoms with Crippen LogP contribution in [0, 0.1) is 13.8 Å². The molecule has 0 bridgehead atoms. The number of rotatable bonds is 5. The van der Waals surface area contributed by atoms with Gasteiger partial charge in [0.2, 0.25) is 0 Å². The largest absolute Gasteiger partial charge is 0.310 e. The Hall–Kier alpha value is -4.62. The lowest BCUT2D eigenvalue weighted by atomic mass is 9.99. The number of hydrogen-bond donors (Lipinski definition) is 0. The molecule has 190 valence electrons. The Morgan fingerprint density at radius 1 is 0.692 bits per heavy atom. The maximum Gasteiger partial charge on any atom is 0.0540 e. The number of aryl methyl sites for hydroxylation is 2. The standard InChI is InChI=1S/C38H33N/c1-5-9-26(2)22-37-28(4)35-21-14-27(3)23-38(35)39(37)34-19-16-29(17-20-34)15-18-30-12-8-13-33-24-31-10-6-7-11-32(31)25-36(30)33/h5-25H,1-4H3/b9-5-,18-15+,26-22-. The summed E-state index contributed by atoms with van der Waals surface area (Å²) in [5, 5.41) is 6.40. The van der Waals surface area contributed by atoms with Gasteiger partial charge in [0.05, 0.1) is 5.52 Å². The van der Waals surface area contributed by atoms with Crippen LogP contribution in [-0.4, -0.2) is 4.57 Å². The van der Waals surface area contributed by atoms with Crippen molar-refractivity contribution in [2.45, 2.75) is 27.7 Å². The molecule has 0 spiro atoms. The molecule has 1 nitrogen and oxygen atoms in total. The van der Waals surface area contributed by atoms with Crippen LogP contribution in [0.3, 0.4) is 0 Å². The molecule has 0 aliphatic rings. The zero-order valence-electron chi connectivity index (χ0n) is 23.1. The van der Waals surface area contributed by atoms with Crippen molar-refractivity contribution in [1.82, 2.24) is 4.57 Å². The Kier molecular flexibility index (Phi) is 6.50. The van der Waals surface area contributed by atoms with Crippen molar-refractivity contribution in [3.05, 3.63) is 143 Å². The maximum absolute atomic E-state index is 2.40. The van der Waals surface area contributed by atoms with Crippen molar-refractivity contribution in [2.75, 3.05) is 0 Å². The van der Waals surface area contributed by atoms with Gasteiger partial charge in [0.25, 0.3) is 0 Å². The average Bonchev–Trinajstić information content (AvgIpc) is 3.21. The highest BCUT2D eigenvalue weighted by molar-refractivity contribution is 6.02. The summed E-state index contributed by atoms with van der Waals surface area (Å²) in [7, 11) is 0. The summed E-state index contributed by atoms with van der Waals surface area (Å²) in [6.45, 7) is 8.62. The van der Waals surface area contributed by atoms with E-state index < -0.39 is 0 Å². The molecule has 1 aromatic heterocycles. The SMILES string of the molecule is C/C=C\C(C)=C/c1c(C)c2ccc(C)cc2n1-c1ccc(/C=C/c2cccc3cc4ccccc4cc23)cc1. The van der Waals surface area contributed by atoms with Crippen molar-refractivity contribution < 1.29 is 0 Å². The molecular formula is C38H33N. The summed E-state index contributed by atoms with van der Waals surface area (Å²) < 4.78 is 2.40. The summed E-state index contributed by atoms with van der Waals surface area (Å²) in [5.74, 6) is 0. The molecular weight excluding hydrogens is 470 g/mol. The molecule has 0 amide bonds. The predicted octanol–water partition coefficient (Wildman–Crippen LogP) is 10.7. The zero-order valence-corrected chi connectivity index (χ0v) is 23.1. The third-order valence-corrected chi connectivity index (χ3v) is 7.60. The molecule has 0 unspecified atom stereocenters. The van der Waals surface area contributed by atoms with Gasteiger partial charge in [-0.05, 0) is 113 Å². The van der Waals surface area contributed by atoms with Crippen molar-refractivity contribution >= 4 is 50.7 Å². The second kappa shape index (κ2) is 10.3. The lowest BCUT2D eigenvalue weighted by Crippen LogP contribution is -1.97. The van der Waals surface area contributed by atoms with E-state index in [2.05, 4.69) is 160 Å². The number of allylic oxidation sites excluding steroid dienone is 3. The van der Waals surface area contributed by atoms with Gasteiger partial charge in [-0.3, -0.25) is 0 Å². The summed E-state index contributed by atoms with van der Waals surface area (Å²) in [4.78, 5) is 0. The Morgan fingerprint density at radius 3 is 2.21 bits per heavy atom. The van der Waals surface area contributed by atoms with E-state index in [0.29, 0.717) is 0 Å². The van der Waals surface area contributed by atoms with E-state index in [0.717, 1.165) is 0 Å². The Balaban J connectivity index is 1.39. The van der Waals surface area contributed by atoms with E-state index in [-0.39, 0.29) is 0 Å². The van der Waals surface area contributed by atoms with Crippen LogP contribution >= 0.6 is 0 Å². The molecule has 39 heavy (non-hydrogen) atoms. The van der Waals surface area contributed by atoms with Crippen molar-refractivity contribution in [3.63, 3.8) is 0 Å². The molecule has 0 aliphatic carbocycles. The van der Waals surface area contributed by atoms with Crippen LogP contribution in [0.5, 0.6) is 0 Å². The first-order valence-electron chi connectivity index (χ1n) is 13.6. The zero-order chi connectivity index (χ0) is 26.9. The van der Waals surface area contributed by atoms with Crippen LogP contribution < -0.4 is 0 Å². The van der Waals surface area contributed by atoms with Crippen LogP contribution in [-0.2, 0) is 0 Å². The highest BCUT2D eigenvalue weighted by atomic mass is 15.0. The first kappa shape index (κ1) is 24.7. The molecule has 1 heteroatoms. The number of benzene rings is 5. The highest BCUT2D eigenvalue weighted by Crippen LogP contribution is 2.32. The summed E-state index contributed by atoms with van der Waals surface area (Å²) in [6.07, 6.45) is 11.0. The average molecular weight is 504 g/mol. The fourth-order valence-electron chi connectivity index (χ4n) is 5.61. The molecule has 5 aromatic carbocycles. The van der Waals surface area contributed by atoms with Gasteiger partial charge in [-0.1, -0.05) is 91.0 Å². The van der Waals surface area contributed by atoms with Gasteiger partial charge >= 0.3 is 0 Å². The maximum atomic E-state index is 2.40. The number of aromatic nitrogens is 1. The van der Waals surface area contributed by atoms with Gasteiger partial charge in [0, 0.05) is 16.8 Å². The minimum atomic E-state index is 1.17. The van der Waals surface area contributed by atoms with E-state index in [4.69, 9.17) is 0 Å². The second-order valence-electron chi connectivity index (χ2n) is 10.4. The lowest BCUT2D eigenvalue weighted by molar-refractivity contribution is 1.09. The van der Waals surface area contributed by atoms with Crippen LogP contribution in [0.15, 0.2) is 115 Å². The van der Waals surface area contributed by atoms with E-state index >= 15 is 0 Å². The number of fused-ring (bicyclic) bond motifs is 3. The van der Waals surface area contributed by atoms with Gasteiger partial charge in [0.1, 0.15) is 0 Å². The first-order valence-corrected chi connectivity index (χ1v) is 13.6. The normalized spacial score (nSPS) is 12.6. The van der Waals surface area contributed by atoms with Crippen LogP contribution in [0.4, 0.5) is 0 Å². The van der Waals surface area contributed by atoms with Gasteiger partial charge in [0.15, 0.2) is 0 Å². The van der Waals surface area contributed by atoms with Crippen LogP contribution in [0.1, 0.15) is 41.8 Å². The number of hydrogen-bond acceptors (Lipinski definition) is 0. The van der Waals surface area contributed by atoms with Crippen LogP contribution in [0.25, 0.3) is 56.4 Å². The summed E-state index contributed by atoms with van der Waals surface area (Å²) in [6, 6.07) is 35.4. The smallest absolute Gasteiger partial charge is 0.0540 e. The van der Waals surface area contributed by atoms with Crippen LogP contribution in [0.2, 0.25) is 0 Å². The molecule has 0 saturated carbocycles. The first-order chi connectivity index (χ1) is 19.0. The van der Waals surface area contributed by atoms with E-state index in [1.807, 2.05) is 0 Å². The van der Waals surface area contributed by atoms with Crippen molar-refractivity contribution in [2.24, 2.45) is 0 Å². The van der Waals surface area contributed by atoms with E-state index in [9.17, 15) is 0 Å². The summed E-state index contributed by atoms with van der Waals surface area (Å²) >= 11 is 0. The van der Waals surface area contributed by atoms with Gasteiger partial charge in [-0.15, -0.1) is 0 Å². The molecule has 0 fully saturated rings. The van der Waals surface area contributed by atoms with Gasteiger partial charge < -0.3 is 4.57 Å². The van der Waals surface area contributed by atoms with Gasteiger partial charge in [-0.2, -0.15) is 0 Å². The Bertz CT molecular complexity index is 1920. The minimum absolute atomic E-state index is 1.17. The molecule has 1 heterocycles. The molecule has 6 rings (SSSR count). The lowest BCUT2D eigenvalue weighted by Gasteiger charge is -2.11. The monoisotopic (exact) mass is 503 g/mol. The van der Waals surface area contributed by atoms with E-state index in [1.165, 1.54) is 71.7 Å². The Labute approximate surface area is 231 Å². The second-order valence-corrected chi connectivity index (χ2v) is 10.4. The Morgan fingerprint density at radius 2 is 1.44 bits per heavy atom. The highest BCUT2D eigenvalue weighted by Gasteiger charge is 2.14. The third kappa shape index (κ3) is 4.73. The molecule has 0 aliphatic heterocycles. The summed E-state index contributed by atoms with van der Waals surface area (Å²) in [5.41, 5.74) is 9.89. The van der Waals surface area contributed by atoms with E-state index in [1.54, 1.807) is 0 Å². The minimum Gasteiger partial charge on any atom is -0.310 e.